The molecule has 7 rings (SSSR count). The Labute approximate surface area is 245 Å². The molecule has 0 unspecified atom stereocenters. The van der Waals surface area contributed by atoms with Crippen LogP contribution in [-0.4, -0.2) is 9.97 Å². The number of fused-ring (bicyclic) bond motifs is 4. The number of hydrogen-bond donors (Lipinski definition) is 0. The molecule has 0 bridgehead atoms. The Morgan fingerprint density at radius 3 is 2.41 bits per heavy atom. The van der Waals surface area contributed by atoms with Crippen molar-refractivity contribution in [1.29, 1.82) is 0 Å². The van der Waals surface area contributed by atoms with E-state index >= 15 is 0 Å². The van der Waals surface area contributed by atoms with Crippen LogP contribution in [0.5, 0.6) is 0 Å². The third kappa shape index (κ3) is 5.44. The molecule has 0 spiro atoms. The molecule has 0 aliphatic heterocycles. The van der Waals surface area contributed by atoms with Crippen molar-refractivity contribution >= 4 is 43.4 Å². The predicted molar refractivity (Wildman–Crippen MR) is 159 cm³/mol. The number of thiophene rings is 1. The average Bonchev–Trinajstić information content (AvgIpc) is 3.48. The van der Waals surface area contributed by atoms with Gasteiger partial charge in [0.2, 0.25) is 0 Å². The van der Waals surface area contributed by atoms with Gasteiger partial charge in [0.05, 0.1) is 5.58 Å². The molecule has 1 radical (unpaired) electrons. The maximum Gasteiger partial charge on any atom is 0.121 e. The Bertz CT molecular complexity index is 1900. The average molecular weight is 703 g/mol. The molecule has 0 atom stereocenters. The fourth-order valence-corrected chi connectivity index (χ4v) is 5.49. The number of furan rings is 1. The molecule has 195 valence electrons. The Morgan fingerprint density at radius 2 is 1.67 bits per heavy atom. The van der Waals surface area contributed by atoms with E-state index in [-0.39, 0.29) is 20.1 Å². The van der Waals surface area contributed by atoms with Crippen molar-refractivity contribution in [2.75, 3.05) is 0 Å². The van der Waals surface area contributed by atoms with Crippen LogP contribution in [0.1, 0.15) is 21.6 Å². The second-order valence-corrected chi connectivity index (χ2v) is 10.9. The number of aryl methyl sites for hydroxylation is 4. The molecule has 0 fully saturated rings. The molecular weight excluding hydrogens is 677 g/mol. The van der Waals surface area contributed by atoms with Gasteiger partial charge in [-0.15, -0.1) is 64.9 Å². The minimum absolute atomic E-state index is 0. The number of benzene rings is 3. The van der Waals surface area contributed by atoms with Crippen LogP contribution < -0.4 is 0 Å². The molecule has 0 saturated heterocycles. The van der Waals surface area contributed by atoms with Crippen LogP contribution >= 0.6 is 11.3 Å². The summed E-state index contributed by atoms with van der Waals surface area (Å²) in [6.45, 7) is 8.38. The van der Waals surface area contributed by atoms with E-state index in [1.54, 1.807) is 6.20 Å². The van der Waals surface area contributed by atoms with Gasteiger partial charge in [0.1, 0.15) is 5.58 Å². The summed E-state index contributed by atoms with van der Waals surface area (Å²) in [5, 5.41) is 3.51. The van der Waals surface area contributed by atoms with Crippen molar-refractivity contribution in [3.63, 3.8) is 0 Å². The van der Waals surface area contributed by atoms with Gasteiger partial charge >= 0.3 is 0 Å². The van der Waals surface area contributed by atoms with E-state index in [1.165, 1.54) is 31.7 Å². The van der Waals surface area contributed by atoms with Gasteiger partial charge in [0.15, 0.2) is 0 Å². The Morgan fingerprint density at radius 1 is 0.795 bits per heavy atom. The number of hydrogen-bond acceptors (Lipinski definition) is 4. The van der Waals surface area contributed by atoms with Crippen molar-refractivity contribution in [3.8, 4) is 22.5 Å². The van der Waals surface area contributed by atoms with Gasteiger partial charge in [0, 0.05) is 47.5 Å². The van der Waals surface area contributed by atoms with Crippen LogP contribution in [0.4, 0.5) is 0 Å². The summed E-state index contributed by atoms with van der Waals surface area (Å²) in [6.07, 6.45) is 3.71. The first-order chi connectivity index (χ1) is 18.5. The van der Waals surface area contributed by atoms with Crippen LogP contribution in [-0.2, 0) is 20.1 Å². The van der Waals surface area contributed by atoms with E-state index in [0.717, 1.165) is 44.5 Å². The largest absolute Gasteiger partial charge is 0.501 e. The summed E-state index contributed by atoms with van der Waals surface area (Å²) >= 11 is 1.82. The molecule has 0 saturated carbocycles. The quantitative estimate of drug-likeness (QED) is 0.169. The van der Waals surface area contributed by atoms with Crippen LogP contribution in [0.15, 0.2) is 89.6 Å². The number of aromatic nitrogens is 2. The zero-order valence-electron chi connectivity index (χ0n) is 22.1. The first kappa shape index (κ1) is 27.0. The molecular formula is C34H26IrN2OS-2. The van der Waals surface area contributed by atoms with Gasteiger partial charge in [-0.25, -0.2) is 0 Å². The molecule has 4 heterocycles. The third-order valence-corrected chi connectivity index (χ3v) is 7.74. The van der Waals surface area contributed by atoms with Gasteiger partial charge in [-0.3, -0.25) is 0 Å². The Balaban J connectivity index is 0.000000169. The van der Waals surface area contributed by atoms with Crippen molar-refractivity contribution in [1.82, 2.24) is 9.97 Å². The summed E-state index contributed by atoms with van der Waals surface area (Å²) in [7, 11) is 0. The van der Waals surface area contributed by atoms with Crippen molar-refractivity contribution in [2.45, 2.75) is 27.7 Å². The molecule has 0 N–H and O–H groups in total. The molecule has 5 heteroatoms. The molecule has 0 aliphatic carbocycles. The zero-order chi connectivity index (χ0) is 26.2. The van der Waals surface area contributed by atoms with E-state index in [4.69, 9.17) is 4.42 Å². The van der Waals surface area contributed by atoms with Gasteiger partial charge in [-0.1, -0.05) is 41.6 Å². The van der Waals surface area contributed by atoms with Crippen LogP contribution in [0.25, 0.3) is 54.5 Å². The van der Waals surface area contributed by atoms with Crippen LogP contribution in [0, 0.1) is 39.8 Å². The maximum atomic E-state index is 6.19. The molecule has 3 aromatic carbocycles. The molecule has 0 aliphatic rings. The van der Waals surface area contributed by atoms with Gasteiger partial charge in [0.25, 0.3) is 0 Å². The monoisotopic (exact) mass is 703 g/mol. The molecule has 4 aromatic heterocycles. The normalized spacial score (nSPS) is 10.9. The van der Waals surface area contributed by atoms with Crippen LogP contribution in [0.3, 0.4) is 0 Å². The topological polar surface area (TPSA) is 38.9 Å². The first-order valence-corrected chi connectivity index (χ1v) is 13.4. The van der Waals surface area contributed by atoms with Gasteiger partial charge < -0.3 is 14.4 Å². The second kappa shape index (κ2) is 11.2. The first-order valence-electron chi connectivity index (χ1n) is 12.6. The standard InChI is InChI=1S/C20H12NOS.C14H14N.Ir/c1-12-9-13-10-18-16(11-19(13)23-12)14-5-4-6-15(20(14)22-18)17-7-2-3-8-21-17;1-10-4-6-13(7-5-10)14-8-11(2)12(3)9-15-14;/h2-5,7-11H,1H3;4-6,8-9H,1-3H3;/q2*-1;. The summed E-state index contributed by atoms with van der Waals surface area (Å²) in [5.74, 6) is 0. The second-order valence-electron chi connectivity index (χ2n) is 9.59. The zero-order valence-corrected chi connectivity index (χ0v) is 25.3. The molecule has 39 heavy (non-hydrogen) atoms. The van der Waals surface area contributed by atoms with E-state index in [0.29, 0.717) is 0 Å². The molecule has 0 amide bonds. The summed E-state index contributed by atoms with van der Waals surface area (Å²) in [4.78, 5) is 10.2. The van der Waals surface area contributed by atoms with Crippen molar-refractivity contribution in [2.24, 2.45) is 0 Å². The minimum Gasteiger partial charge on any atom is -0.501 e. The number of nitrogens with zero attached hydrogens (tertiary/aromatic N) is 2. The predicted octanol–water partition coefficient (Wildman–Crippen LogP) is 9.44. The fourth-order valence-electron chi connectivity index (χ4n) is 4.54. The summed E-state index contributed by atoms with van der Waals surface area (Å²) in [5.41, 5.74) is 9.36. The number of pyridine rings is 2. The Hall–Kier alpha value is -3.63. The van der Waals surface area contributed by atoms with Crippen molar-refractivity contribution < 1.29 is 24.5 Å². The maximum absolute atomic E-state index is 6.19. The van der Waals surface area contributed by atoms with Gasteiger partial charge in [-0.2, -0.15) is 0 Å². The summed E-state index contributed by atoms with van der Waals surface area (Å²) < 4.78 is 7.48. The Kier molecular flexibility index (Phi) is 7.76. The SMILES string of the molecule is Cc1c[c-]c(-c2cc(C)c(C)cn2)cc1.Cc1cc2cc3oc4c(-c5ccccn5)[c-]ccc4c3cc2s1.[Ir]. The van der Waals surface area contributed by atoms with E-state index in [1.807, 2.05) is 47.9 Å². The molecule has 7 aromatic rings. The smallest absolute Gasteiger partial charge is 0.121 e. The van der Waals surface area contributed by atoms with E-state index in [2.05, 4.69) is 92.3 Å². The number of rotatable bonds is 2. The van der Waals surface area contributed by atoms with E-state index < -0.39 is 0 Å². The van der Waals surface area contributed by atoms with Crippen LogP contribution in [0.2, 0.25) is 0 Å². The fraction of sp³-hybridized carbons (Fsp3) is 0.118. The van der Waals surface area contributed by atoms with Crippen molar-refractivity contribution in [3.05, 3.63) is 119 Å². The third-order valence-electron chi connectivity index (χ3n) is 6.73. The molecule has 3 nitrogen and oxygen atoms in total. The van der Waals surface area contributed by atoms with Gasteiger partial charge in [-0.05, 0) is 67.4 Å². The van der Waals surface area contributed by atoms with E-state index in [9.17, 15) is 0 Å². The minimum atomic E-state index is 0. The summed E-state index contributed by atoms with van der Waals surface area (Å²) in [6, 6.07) is 31.2.